The number of hydrogen-bond donors (Lipinski definition) is 0. The first-order valence-electron chi connectivity index (χ1n) is 9.75. The van der Waals surface area contributed by atoms with Gasteiger partial charge in [0.1, 0.15) is 24.7 Å². The van der Waals surface area contributed by atoms with Crippen molar-refractivity contribution in [2.24, 2.45) is 0 Å². The fourth-order valence-electron chi connectivity index (χ4n) is 3.34. The van der Waals surface area contributed by atoms with E-state index >= 15 is 0 Å². The highest BCUT2D eigenvalue weighted by Gasteiger charge is 2.20. The number of hydrogen-bond acceptors (Lipinski definition) is 8. The average Bonchev–Trinajstić information content (AvgIpc) is 3.54. The second-order valence-electron chi connectivity index (χ2n) is 6.93. The van der Waals surface area contributed by atoms with Crippen LogP contribution in [0.1, 0.15) is 21.9 Å². The van der Waals surface area contributed by atoms with Gasteiger partial charge in [-0.25, -0.2) is 0 Å². The van der Waals surface area contributed by atoms with Crippen LogP contribution in [0, 0.1) is 6.92 Å². The third-order valence-corrected chi connectivity index (χ3v) is 5.87. The highest BCUT2D eigenvalue weighted by molar-refractivity contribution is 7.99. The van der Waals surface area contributed by atoms with E-state index in [2.05, 4.69) is 10.2 Å². The third-order valence-electron chi connectivity index (χ3n) is 4.91. The highest BCUT2D eigenvalue weighted by Crippen LogP contribution is 2.32. The summed E-state index contributed by atoms with van der Waals surface area (Å²) in [5.74, 6) is 3.61. The second kappa shape index (κ2) is 8.35. The molecule has 0 saturated carbocycles. The van der Waals surface area contributed by atoms with Gasteiger partial charge >= 0.3 is 0 Å². The van der Waals surface area contributed by atoms with Crippen molar-refractivity contribution < 1.29 is 23.1 Å². The standard InChI is InChI=1S/C22H19N3O5S/c1-14-17(6-8-27-14)21-23-24-22(25(21)12-16-3-2-7-28-16)31-13-18(26)15-4-5-19-20(11-15)30-10-9-29-19/h2-8,11H,9-10,12-13H2,1H3. The van der Waals surface area contributed by atoms with Gasteiger partial charge in [-0.3, -0.25) is 9.36 Å². The molecule has 1 aliphatic rings. The second-order valence-corrected chi connectivity index (χ2v) is 7.87. The summed E-state index contributed by atoms with van der Waals surface area (Å²) in [7, 11) is 0. The maximum Gasteiger partial charge on any atom is 0.192 e. The van der Waals surface area contributed by atoms with E-state index in [1.807, 2.05) is 29.7 Å². The predicted octanol–water partition coefficient (Wildman–Crippen LogP) is 4.23. The minimum atomic E-state index is -0.0319. The molecule has 8 nitrogen and oxygen atoms in total. The lowest BCUT2D eigenvalue weighted by atomic mass is 10.1. The lowest BCUT2D eigenvalue weighted by Crippen LogP contribution is -2.16. The molecular formula is C22H19N3O5S. The van der Waals surface area contributed by atoms with Crippen molar-refractivity contribution in [2.45, 2.75) is 18.6 Å². The number of fused-ring (bicyclic) bond motifs is 1. The number of furan rings is 2. The first-order valence-corrected chi connectivity index (χ1v) is 10.7. The zero-order valence-electron chi connectivity index (χ0n) is 16.7. The van der Waals surface area contributed by atoms with Crippen LogP contribution in [0.15, 0.2) is 62.9 Å². The maximum absolute atomic E-state index is 12.8. The van der Waals surface area contributed by atoms with Crippen molar-refractivity contribution >= 4 is 17.5 Å². The lowest BCUT2D eigenvalue weighted by Gasteiger charge is -2.18. The molecule has 0 bridgehead atoms. The van der Waals surface area contributed by atoms with Crippen LogP contribution >= 0.6 is 11.8 Å². The van der Waals surface area contributed by atoms with Gasteiger partial charge in [-0.15, -0.1) is 10.2 Å². The highest BCUT2D eigenvalue weighted by atomic mass is 32.2. The Morgan fingerprint density at radius 2 is 1.94 bits per heavy atom. The molecule has 9 heteroatoms. The largest absolute Gasteiger partial charge is 0.486 e. The summed E-state index contributed by atoms with van der Waals surface area (Å²) >= 11 is 1.33. The van der Waals surface area contributed by atoms with Crippen molar-refractivity contribution in [3.05, 3.63) is 66.0 Å². The number of ketones is 1. The molecule has 0 saturated heterocycles. The molecule has 0 fully saturated rings. The molecule has 1 aliphatic heterocycles. The van der Waals surface area contributed by atoms with E-state index < -0.39 is 0 Å². The molecular weight excluding hydrogens is 418 g/mol. The molecule has 1 aromatic carbocycles. The van der Waals surface area contributed by atoms with Gasteiger partial charge in [0.05, 0.1) is 30.4 Å². The Hall–Kier alpha value is -3.46. The summed E-state index contributed by atoms with van der Waals surface area (Å²) in [6.45, 7) is 3.31. The van der Waals surface area contributed by atoms with Gasteiger partial charge in [-0.1, -0.05) is 11.8 Å². The molecule has 0 spiro atoms. The number of carbonyl (C=O) groups is 1. The minimum Gasteiger partial charge on any atom is -0.486 e. The Kier molecular flexibility index (Phi) is 5.25. The third kappa shape index (κ3) is 3.96. The van der Waals surface area contributed by atoms with Crippen LogP contribution in [0.4, 0.5) is 0 Å². The van der Waals surface area contributed by atoms with E-state index in [1.54, 1.807) is 30.7 Å². The summed E-state index contributed by atoms with van der Waals surface area (Å²) < 4.78 is 24.0. The number of benzene rings is 1. The number of ether oxygens (including phenoxy) is 2. The van der Waals surface area contributed by atoms with Crippen LogP contribution in [0.25, 0.3) is 11.4 Å². The molecule has 4 heterocycles. The van der Waals surface area contributed by atoms with Gasteiger partial charge in [0.15, 0.2) is 28.3 Å². The summed E-state index contributed by atoms with van der Waals surface area (Å²) in [5.41, 5.74) is 1.42. The number of nitrogens with zero attached hydrogens (tertiary/aromatic N) is 3. The van der Waals surface area contributed by atoms with E-state index in [4.69, 9.17) is 18.3 Å². The number of Topliss-reactive ketones (excluding diaryl/α,β-unsaturated/α-hetero) is 1. The Morgan fingerprint density at radius 1 is 1.06 bits per heavy atom. The summed E-state index contributed by atoms with van der Waals surface area (Å²) in [6, 6.07) is 10.8. The normalized spacial score (nSPS) is 12.8. The quantitative estimate of drug-likeness (QED) is 0.313. The van der Waals surface area contributed by atoms with E-state index in [9.17, 15) is 4.79 Å². The molecule has 0 aliphatic carbocycles. The Balaban J connectivity index is 1.38. The molecule has 0 unspecified atom stereocenters. The van der Waals surface area contributed by atoms with Crippen molar-refractivity contribution in [1.29, 1.82) is 0 Å². The number of rotatable bonds is 7. The van der Waals surface area contributed by atoms with Crippen LogP contribution in [-0.2, 0) is 6.54 Å². The van der Waals surface area contributed by atoms with Crippen LogP contribution in [0.5, 0.6) is 11.5 Å². The summed E-state index contributed by atoms with van der Waals surface area (Å²) in [6.07, 6.45) is 3.25. The average molecular weight is 437 g/mol. The molecule has 4 aromatic rings. The van der Waals surface area contributed by atoms with Gasteiger partial charge in [0.25, 0.3) is 0 Å². The SMILES string of the molecule is Cc1occc1-c1nnc(SCC(=O)c2ccc3c(c2)OCCO3)n1Cc1ccco1. The van der Waals surface area contributed by atoms with Crippen LogP contribution in [0.2, 0.25) is 0 Å². The predicted molar refractivity (Wildman–Crippen MR) is 113 cm³/mol. The zero-order valence-corrected chi connectivity index (χ0v) is 17.6. The lowest BCUT2D eigenvalue weighted by molar-refractivity contribution is 0.102. The van der Waals surface area contributed by atoms with Gasteiger partial charge in [-0.2, -0.15) is 0 Å². The molecule has 0 radical (unpaired) electrons. The topological polar surface area (TPSA) is 92.5 Å². The van der Waals surface area contributed by atoms with Gasteiger partial charge in [0, 0.05) is 5.56 Å². The monoisotopic (exact) mass is 437 g/mol. The van der Waals surface area contributed by atoms with Crippen molar-refractivity contribution in [3.8, 4) is 22.9 Å². The molecule has 5 rings (SSSR count). The first kappa shape index (κ1) is 19.5. The zero-order chi connectivity index (χ0) is 21.2. The number of thioether (sulfide) groups is 1. The Labute approximate surface area is 182 Å². The number of aromatic nitrogens is 3. The van der Waals surface area contributed by atoms with E-state index in [0.29, 0.717) is 47.8 Å². The van der Waals surface area contributed by atoms with Crippen molar-refractivity contribution in [1.82, 2.24) is 14.8 Å². The molecule has 158 valence electrons. The molecule has 0 N–H and O–H groups in total. The fourth-order valence-corrected chi connectivity index (χ4v) is 4.18. The Bertz CT molecular complexity index is 1210. The fraction of sp³-hybridized carbons (Fsp3) is 0.227. The van der Waals surface area contributed by atoms with Crippen molar-refractivity contribution in [2.75, 3.05) is 19.0 Å². The van der Waals surface area contributed by atoms with Gasteiger partial charge < -0.3 is 18.3 Å². The minimum absolute atomic E-state index is 0.0319. The molecule has 31 heavy (non-hydrogen) atoms. The van der Waals surface area contributed by atoms with Crippen LogP contribution in [0.3, 0.4) is 0 Å². The first-order chi connectivity index (χ1) is 15.2. The molecule has 0 atom stereocenters. The number of carbonyl (C=O) groups excluding carboxylic acids is 1. The summed E-state index contributed by atoms with van der Waals surface area (Å²) in [4.78, 5) is 12.8. The van der Waals surface area contributed by atoms with Crippen LogP contribution < -0.4 is 9.47 Å². The number of aryl methyl sites for hydroxylation is 1. The smallest absolute Gasteiger partial charge is 0.192 e. The molecule has 3 aromatic heterocycles. The van der Waals surface area contributed by atoms with E-state index in [0.717, 1.165) is 17.1 Å². The van der Waals surface area contributed by atoms with E-state index in [-0.39, 0.29) is 11.5 Å². The Morgan fingerprint density at radius 3 is 2.71 bits per heavy atom. The van der Waals surface area contributed by atoms with Gasteiger partial charge in [0.2, 0.25) is 0 Å². The maximum atomic E-state index is 12.8. The molecule has 0 amide bonds. The van der Waals surface area contributed by atoms with Crippen LogP contribution in [-0.4, -0.2) is 39.5 Å². The summed E-state index contributed by atoms with van der Waals surface area (Å²) in [5, 5.41) is 9.30. The van der Waals surface area contributed by atoms with E-state index in [1.165, 1.54) is 11.8 Å². The van der Waals surface area contributed by atoms with Crippen molar-refractivity contribution in [3.63, 3.8) is 0 Å². The van der Waals surface area contributed by atoms with Gasteiger partial charge in [-0.05, 0) is 43.3 Å².